The van der Waals surface area contributed by atoms with Crippen molar-refractivity contribution < 1.29 is 9.53 Å². The highest BCUT2D eigenvalue weighted by Crippen LogP contribution is 2.34. The Morgan fingerprint density at radius 3 is 2.94 bits per heavy atom. The smallest absolute Gasteiger partial charge is 0.134 e. The lowest BCUT2D eigenvalue weighted by molar-refractivity contribution is -0.120. The summed E-state index contributed by atoms with van der Waals surface area (Å²) >= 11 is 3.47. The number of methoxy groups -OCH3 is 1. The summed E-state index contributed by atoms with van der Waals surface area (Å²) in [5, 5.41) is 3.34. The summed E-state index contributed by atoms with van der Waals surface area (Å²) in [6, 6.07) is 4.06. The van der Waals surface area contributed by atoms with E-state index in [-0.39, 0.29) is 11.7 Å². The first-order valence-electron chi connectivity index (χ1n) is 5.72. The van der Waals surface area contributed by atoms with Gasteiger partial charge in [0.05, 0.1) is 11.6 Å². The molecule has 17 heavy (non-hydrogen) atoms. The van der Waals surface area contributed by atoms with E-state index < -0.39 is 0 Å². The highest BCUT2D eigenvalue weighted by Gasteiger charge is 2.20. The molecule has 1 aliphatic rings. The summed E-state index contributed by atoms with van der Waals surface area (Å²) in [5.41, 5.74) is 2.32. The van der Waals surface area contributed by atoms with E-state index in [2.05, 4.69) is 21.2 Å². The maximum atomic E-state index is 11.4. The molecule has 92 valence electrons. The third kappa shape index (κ3) is 2.63. The van der Waals surface area contributed by atoms with Crippen molar-refractivity contribution in [2.75, 3.05) is 19.0 Å². The maximum absolute atomic E-state index is 11.4. The number of carbonyl (C=O) groups is 1. The van der Waals surface area contributed by atoms with Gasteiger partial charge in [-0.05, 0) is 53.4 Å². The summed E-state index contributed by atoms with van der Waals surface area (Å²) in [6.45, 7) is 2.39. The molecule has 1 unspecified atom stereocenters. The predicted molar refractivity (Wildman–Crippen MR) is 71.7 cm³/mol. The van der Waals surface area contributed by atoms with Gasteiger partial charge in [-0.1, -0.05) is 0 Å². The zero-order valence-electron chi connectivity index (χ0n) is 10.0. The van der Waals surface area contributed by atoms with Gasteiger partial charge in [0.25, 0.3) is 0 Å². The van der Waals surface area contributed by atoms with Gasteiger partial charge in [-0.2, -0.15) is 0 Å². The first-order valence-corrected chi connectivity index (χ1v) is 6.52. The van der Waals surface area contributed by atoms with E-state index in [4.69, 9.17) is 4.74 Å². The van der Waals surface area contributed by atoms with Crippen LogP contribution in [0.4, 0.5) is 5.69 Å². The highest BCUT2D eigenvalue weighted by atomic mass is 79.9. The van der Waals surface area contributed by atoms with Crippen molar-refractivity contribution in [1.82, 2.24) is 0 Å². The van der Waals surface area contributed by atoms with E-state index in [1.165, 1.54) is 5.56 Å². The second kappa shape index (κ2) is 5.08. The molecule has 0 aliphatic carbocycles. The van der Waals surface area contributed by atoms with Gasteiger partial charge in [0, 0.05) is 18.2 Å². The Morgan fingerprint density at radius 1 is 1.53 bits per heavy atom. The molecule has 0 fully saturated rings. The van der Waals surface area contributed by atoms with E-state index in [0.29, 0.717) is 0 Å². The molecule has 0 amide bonds. The number of halogens is 1. The standard InChI is InChI=1S/C13H16BrNO2/c1-8(16)10-4-3-9-5-13(17-2)11(14)6-12(9)15-7-10/h5-6,10,15H,3-4,7H2,1-2H3. The largest absolute Gasteiger partial charge is 0.496 e. The van der Waals surface area contributed by atoms with Crippen molar-refractivity contribution in [2.45, 2.75) is 19.8 Å². The molecule has 0 bridgehead atoms. The Hall–Kier alpha value is -1.03. The molecule has 4 heteroatoms. The molecule has 0 aromatic heterocycles. The first-order chi connectivity index (χ1) is 8.11. The number of ether oxygens (including phenoxy) is 1. The molecule has 1 atom stereocenters. The number of aryl methyl sites for hydroxylation is 1. The van der Waals surface area contributed by atoms with Gasteiger partial charge in [0.2, 0.25) is 0 Å². The molecule has 1 aromatic carbocycles. The number of Topliss-reactive ketones (excluding diaryl/α,β-unsaturated/α-hetero) is 1. The van der Waals surface area contributed by atoms with Gasteiger partial charge in [-0.15, -0.1) is 0 Å². The minimum Gasteiger partial charge on any atom is -0.496 e. The summed E-state index contributed by atoms with van der Waals surface area (Å²) in [5.74, 6) is 1.22. The van der Waals surface area contributed by atoms with Crippen LogP contribution < -0.4 is 10.1 Å². The molecule has 1 aromatic rings. The van der Waals surface area contributed by atoms with Crippen LogP contribution in [0.5, 0.6) is 5.75 Å². The van der Waals surface area contributed by atoms with Crippen LogP contribution in [-0.2, 0) is 11.2 Å². The lowest BCUT2D eigenvalue weighted by Crippen LogP contribution is -2.19. The van der Waals surface area contributed by atoms with Gasteiger partial charge in [-0.3, -0.25) is 4.79 Å². The second-order valence-electron chi connectivity index (χ2n) is 4.37. The minimum absolute atomic E-state index is 0.118. The zero-order chi connectivity index (χ0) is 12.4. The van der Waals surface area contributed by atoms with Crippen molar-refractivity contribution in [3.63, 3.8) is 0 Å². The molecule has 0 spiro atoms. The van der Waals surface area contributed by atoms with Gasteiger partial charge in [0.1, 0.15) is 11.5 Å². The Balaban J connectivity index is 2.28. The molecule has 0 radical (unpaired) electrons. The fourth-order valence-electron chi connectivity index (χ4n) is 2.14. The number of hydrogen-bond acceptors (Lipinski definition) is 3. The average Bonchev–Trinajstić information content (AvgIpc) is 2.50. The molecule has 0 saturated carbocycles. The van der Waals surface area contributed by atoms with E-state index in [9.17, 15) is 4.79 Å². The summed E-state index contributed by atoms with van der Waals surface area (Å²) in [6.07, 6.45) is 1.82. The molecule has 3 nitrogen and oxygen atoms in total. The van der Waals surface area contributed by atoms with Crippen LogP contribution in [0, 0.1) is 5.92 Å². The number of ketones is 1. The summed E-state index contributed by atoms with van der Waals surface area (Å²) in [4.78, 5) is 11.4. The number of anilines is 1. The van der Waals surface area contributed by atoms with Gasteiger partial charge in [0.15, 0.2) is 0 Å². The molecular weight excluding hydrogens is 282 g/mol. The van der Waals surface area contributed by atoms with Crippen molar-refractivity contribution in [3.05, 3.63) is 22.2 Å². The SMILES string of the molecule is COc1cc2c(cc1Br)NCC(C(C)=O)CC2. The molecule has 2 rings (SSSR count). The predicted octanol–water partition coefficient (Wildman–Crippen LogP) is 3.02. The lowest BCUT2D eigenvalue weighted by Gasteiger charge is -2.12. The van der Waals surface area contributed by atoms with Crippen molar-refractivity contribution >= 4 is 27.4 Å². The zero-order valence-corrected chi connectivity index (χ0v) is 11.6. The number of carbonyl (C=O) groups excluding carboxylic acids is 1. The van der Waals surface area contributed by atoms with Crippen LogP contribution >= 0.6 is 15.9 Å². The number of benzene rings is 1. The van der Waals surface area contributed by atoms with Crippen LogP contribution in [-0.4, -0.2) is 19.4 Å². The topological polar surface area (TPSA) is 38.3 Å². The van der Waals surface area contributed by atoms with Crippen LogP contribution in [0.3, 0.4) is 0 Å². The molecule has 1 heterocycles. The third-order valence-electron chi connectivity index (χ3n) is 3.25. The lowest BCUT2D eigenvalue weighted by atomic mass is 9.98. The Labute approximate surface area is 110 Å². The summed E-state index contributed by atoms with van der Waals surface area (Å²) < 4.78 is 6.22. The van der Waals surface area contributed by atoms with E-state index >= 15 is 0 Å². The molecule has 1 aliphatic heterocycles. The normalized spacial score (nSPS) is 18.9. The second-order valence-corrected chi connectivity index (χ2v) is 5.23. The molecular formula is C13H16BrNO2. The fourth-order valence-corrected chi connectivity index (χ4v) is 2.64. The third-order valence-corrected chi connectivity index (χ3v) is 3.87. The molecule has 1 N–H and O–H groups in total. The quantitative estimate of drug-likeness (QED) is 0.912. The number of fused-ring (bicyclic) bond motifs is 1. The van der Waals surface area contributed by atoms with E-state index in [0.717, 1.165) is 35.3 Å². The van der Waals surface area contributed by atoms with Crippen LogP contribution in [0.2, 0.25) is 0 Å². The number of nitrogens with one attached hydrogen (secondary N) is 1. The van der Waals surface area contributed by atoms with Crippen molar-refractivity contribution in [3.8, 4) is 5.75 Å². The van der Waals surface area contributed by atoms with Crippen molar-refractivity contribution in [2.24, 2.45) is 5.92 Å². The van der Waals surface area contributed by atoms with E-state index in [1.807, 2.05) is 12.1 Å². The van der Waals surface area contributed by atoms with Gasteiger partial charge < -0.3 is 10.1 Å². The first kappa shape index (κ1) is 12.4. The monoisotopic (exact) mass is 297 g/mol. The van der Waals surface area contributed by atoms with Gasteiger partial charge in [-0.25, -0.2) is 0 Å². The van der Waals surface area contributed by atoms with Crippen LogP contribution in [0.1, 0.15) is 18.9 Å². The Morgan fingerprint density at radius 2 is 2.29 bits per heavy atom. The summed E-state index contributed by atoms with van der Waals surface area (Å²) in [7, 11) is 1.66. The molecule has 0 saturated heterocycles. The Bertz CT molecular complexity index is 445. The number of hydrogen-bond donors (Lipinski definition) is 1. The Kier molecular flexibility index (Phi) is 3.72. The highest BCUT2D eigenvalue weighted by molar-refractivity contribution is 9.10. The fraction of sp³-hybridized carbons (Fsp3) is 0.462. The maximum Gasteiger partial charge on any atom is 0.134 e. The van der Waals surface area contributed by atoms with Crippen molar-refractivity contribution in [1.29, 1.82) is 0 Å². The minimum atomic E-state index is 0.118. The number of rotatable bonds is 2. The average molecular weight is 298 g/mol. The van der Waals surface area contributed by atoms with Crippen LogP contribution in [0.25, 0.3) is 0 Å². The van der Waals surface area contributed by atoms with Gasteiger partial charge >= 0.3 is 0 Å². The van der Waals surface area contributed by atoms with Crippen LogP contribution in [0.15, 0.2) is 16.6 Å². The van der Waals surface area contributed by atoms with E-state index in [1.54, 1.807) is 14.0 Å².